The van der Waals surface area contributed by atoms with E-state index in [1.807, 2.05) is 6.92 Å². The highest BCUT2D eigenvalue weighted by atomic mass is 19.1. The monoisotopic (exact) mass is 425 g/mol. The van der Waals surface area contributed by atoms with Crippen molar-refractivity contribution in [2.24, 2.45) is 14.1 Å². The number of aryl methyl sites for hydroxylation is 4. The molecule has 0 aliphatic rings. The maximum absolute atomic E-state index is 14.8. The zero-order valence-corrected chi connectivity index (χ0v) is 17.4. The second-order valence-corrected chi connectivity index (χ2v) is 7.34. The van der Waals surface area contributed by atoms with Crippen molar-refractivity contribution in [2.45, 2.75) is 19.9 Å². The van der Waals surface area contributed by atoms with Gasteiger partial charge >= 0.3 is 5.69 Å². The van der Waals surface area contributed by atoms with Crippen molar-refractivity contribution in [1.29, 1.82) is 0 Å². The van der Waals surface area contributed by atoms with Gasteiger partial charge in [-0.15, -0.1) is 0 Å². The highest BCUT2D eigenvalue weighted by molar-refractivity contribution is 5.74. The molecule has 4 aromatic rings. The van der Waals surface area contributed by atoms with Crippen molar-refractivity contribution in [3.8, 4) is 11.1 Å². The third kappa shape index (κ3) is 3.83. The fourth-order valence-electron chi connectivity index (χ4n) is 3.39. The van der Waals surface area contributed by atoms with Crippen molar-refractivity contribution < 1.29 is 8.78 Å². The first-order valence-corrected chi connectivity index (χ1v) is 9.56. The molecule has 0 bridgehead atoms. The molecule has 31 heavy (non-hydrogen) atoms. The summed E-state index contributed by atoms with van der Waals surface area (Å²) in [5, 5.41) is 7.09. The Morgan fingerprint density at radius 1 is 1.26 bits per heavy atom. The molecule has 1 aromatic carbocycles. The molecule has 4 rings (SSSR count). The van der Waals surface area contributed by atoms with Crippen molar-refractivity contribution in [3.05, 3.63) is 65.0 Å². The Hall–Kier alpha value is -3.82. The normalized spacial score (nSPS) is 11.3. The smallest absolute Gasteiger partial charge is 0.324 e. The van der Waals surface area contributed by atoms with E-state index in [2.05, 4.69) is 27.0 Å². The number of fused-ring (bicyclic) bond motifs is 1. The average molecular weight is 425 g/mol. The molecule has 8 nitrogen and oxygen atoms in total. The molecule has 160 valence electrons. The lowest BCUT2D eigenvalue weighted by atomic mass is 10.0. The highest BCUT2D eigenvalue weighted by Gasteiger charge is 2.16. The number of rotatable bonds is 6. The molecule has 0 radical (unpaired) electrons. The first kappa shape index (κ1) is 20.5. The maximum atomic E-state index is 14.8. The van der Waals surface area contributed by atoms with Gasteiger partial charge in [0, 0.05) is 50.1 Å². The van der Waals surface area contributed by atoms with Gasteiger partial charge in [-0.3, -0.25) is 13.8 Å². The van der Waals surface area contributed by atoms with Crippen LogP contribution in [0.3, 0.4) is 0 Å². The molecular formula is C21H21F2N7O. The van der Waals surface area contributed by atoms with E-state index in [1.165, 1.54) is 21.4 Å². The zero-order chi connectivity index (χ0) is 22.3. The Kier molecular flexibility index (Phi) is 5.14. The number of hydrogen-bond donors (Lipinski definition) is 1. The quantitative estimate of drug-likeness (QED) is 0.511. The number of halogens is 2. The van der Waals surface area contributed by atoms with E-state index in [0.717, 1.165) is 5.56 Å². The Labute approximate surface area is 176 Å². The number of aromatic nitrogens is 6. The average Bonchev–Trinajstić information content (AvgIpc) is 3.24. The van der Waals surface area contributed by atoms with Gasteiger partial charge in [-0.2, -0.15) is 10.1 Å². The Morgan fingerprint density at radius 3 is 2.71 bits per heavy atom. The van der Waals surface area contributed by atoms with E-state index in [-0.39, 0.29) is 24.6 Å². The first-order valence-electron chi connectivity index (χ1n) is 9.56. The van der Waals surface area contributed by atoms with Crippen molar-refractivity contribution in [2.75, 3.05) is 5.32 Å². The summed E-state index contributed by atoms with van der Waals surface area (Å²) in [6.45, 7) is 5.18. The van der Waals surface area contributed by atoms with Crippen LogP contribution in [0.5, 0.6) is 0 Å². The van der Waals surface area contributed by atoms with E-state index in [9.17, 15) is 13.6 Å². The van der Waals surface area contributed by atoms with Gasteiger partial charge in [0.15, 0.2) is 5.65 Å². The van der Waals surface area contributed by atoms with E-state index < -0.39 is 11.6 Å². The minimum Gasteiger partial charge on any atom is -0.324 e. The van der Waals surface area contributed by atoms with E-state index in [1.54, 1.807) is 37.2 Å². The Balaban J connectivity index is 1.70. The van der Waals surface area contributed by atoms with Gasteiger partial charge in [-0.1, -0.05) is 6.58 Å². The van der Waals surface area contributed by atoms with Crippen molar-refractivity contribution >= 4 is 22.8 Å². The molecule has 3 aromatic heterocycles. The fraction of sp³-hybridized carbons (Fsp3) is 0.238. The molecule has 1 N–H and O–H groups in total. The molecular weight excluding hydrogens is 404 g/mol. The highest BCUT2D eigenvalue weighted by Crippen LogP contribution is 2.29. The Morgan fingerprint density at radius 2 is 2.03 bits per heavy atom. The summed E-state index contributed by atoms with van der Waals surface area (Å²) in [7, 11) is 3.36. The number of benzene rings is 1. The summed E-state index contributed by atoms with van der Waals surface area (Å²) in [4.78, 5) is 21.1. The van der Waals surface area contributed by atoms with E-state index >= 15 is 0 Å². The summed E-state index contributed by atoms with van der Waals surface area (Å²) in [6.07, 6.45) is 4.85. The van der Waals surface area contributed by atoms with Gasteiger partial charge in [0.2, 0.25) is 5.95 Å². The van der Waals surface area contributed by atoms with Crippen LogP contribution in [0.4, 0.5) is 20.4 Å². The lowest BCUT2D eigenvalue weighted by Crippen LogP contribution is -2.22. The van der Waals surface area contributed by atoms with Gasteiger partial charge in [0.25, 0.3) is 0 Å². The molecule has 0 aliphatic carbocycles. The number of imidazole rings is 1. The van der Waals surface area contributed by atoms with Crippen LogP contribution in [-0.4, -0.2) is 28.9 Å². The molecule has 0 fully saturated rings. The van der Waals surface area contributed by atoms with Crippen LogP contribution in [0.1, 0.15) is 12.0 Å². The van der Waals surface area contributed by atoms with Crippen molar-refractivity contribution in [3.63, 3.8) is 0 Å². The number of allylic oxidation sites excluding steroid dienone is 1. The van der Waals surface area contributed by atoms with Crippen LogP contribution in [0.25, 0.3) is 22.3 Å². The van der Waals surface area contributed by atoms with Crippen LogP contribution in [-0.2, 0) is 20.6 Å². The maximum Gasteiger partial charge on any atom is 0.330 e. The second kappa shape index (κ2) is 7.78. The minimum atomic E-state index is -0.517. The zero-order valence-electron chi connectivity index (χ0n) is 17.4. The van der Waals surface area contributed by atoms with Crippen LogP contribution >= 0.6 is 0 Å². The van der Waals surface area contributed by atoms with Crippen molar-refractivity contribution in [1.82, 2.24) is 28.9 Å². The lowest BCUT2D eigenvalue weighted by Gasteiger charge is -2.11. The molecule has 0 spiro atoms. The standard InChI is InChI=1S/C21H21F2N7O/c1-12-7-15(14-9-25-28(3)11-14)16(23)8-17(12)26-20-24-10-18-19(27-20)30(6-5-13(2)22)21(31)29(18)4/h7-11H,2,5-6H2,1,3-4H3,(H,24,26,27). The molecule has 0 amide bonds. The summed E-state index contributed by atoms with van der Waals surface area (Å²) >= 11 is 0. The van der Waals surface area contributed by atoms with Gasteiger partial charge in [-0.25, -0.2) is 18.6 Å². The third-order valence-corrected chi connectivity index (χ3v) is 5.07. The largest absolute Gasteiger partial charge is 0.330 e. The third-order valence-electron chi connectivity index (χ3n) is 5.07. The SMILES string of the molecule is C=C(F)CCn1c(=O)n(C)c2cnc(Nc3cc(F)c(-c4cnn(C)c4)cc3C)nc21. The number of anilines is 2. The van der Waals surface area contributed by atoms with E-state index in [0.29, 0.717) is 28.0 Å². The predicted molar refractivity (Wildman–Crippen MR) is 114 cm³/mol. The summed E-state index contributed by atoms with van der Waals surface area (Å²) in [6, 6.07) is 3.09. The van der Waals surface area contributed by atoms with Crippen LogP contribution in [0.2, 0.25) is 0 Å². The molecule has 3 heterocycles. The summed E-state index contributed by atoms with van der Waals surface area (Å²) < 4.78 is 32.3. The molecule has 0 atom stereocenters. The first-order chi connectivity index (χ1) is 14.7. The summed E-state index contributed by atoms with van der Waals surface area (Å²) in [5.74, 6) is -0.737. The molecule has 0 unspecified atom stereocenters. The van der Waals surface area contributed by atoms with Crippen LogP contribution in [0.15, 0.2) is 47.9 Å². The second-order valence-electron chi connectivity index (χ2n) is 7.34. The van der Waals surface area contributed by atoms with Gasteiger partial charge in [0.1, 0.15) is 11.3 Å². The predicted octanol–water partition coefficient (Wildman–Crippen LogP) is 3.59. The summed E-state index contributed by atoms with van der Waals surface area (Å²) in [5.41, 5.74) is 2.93. The minimum absolute atomic E-state index is 0.00586. The van der Waals surface area contributed by atoms with Gasteiger partial charge < -0.3 is 5.32 Å². The lowest BCUT2D eigenvalue weighted by molar-refractivity contribution is 0.546. The van der Waals surface area contributed by atoms with Gasteiger partial charge in [-0.05, 0) is 24.6 Å². The topological polar surface area (TPSA) is 82.6 Å². The molecule has 0 saturated carbocycles. The molecule has 0 saturated heterocycles. The van der Waals surface area contributed by atoms with Gasteiger partial charge in [0.05, 0.1) is 18.2 Å². The fourth-order valence-corrected chi connectivity index (χ4v) is 3.39. The number of hydrogen-bond acceptors (Lipinski definition) is 5. The molecule has 10 heteroatoms. The number of nitrogens with one attached hydrogen (secondary N) is 1. The van der Waals surface area contributed by atoms with Crippen LogP contribution < -0.4 is 11.0 Å². The molecule has 0 aliphatic heterocycles. The van der Waals surface area contributed by atoms with Crippen LogP contribution in [0, 0.1) is 12.7 Å². The van der Waals surface area contributed by atoms with E-state index in [4.69, 9.17) is 0 Å². The Bertz CT molecular complexity index is 1370. The number of nitrogens with zero attached hydrogens (tertiary/aromatic N) is 6.